The molecule has 0 spiro atoms. The van der Waals surface area contributed by atoms with Gasteiger partial charge in [-0.15, -0.1) is 0 Å². The van der Waals surface area contributed by atoms with Crippen molar-refractivity contribution in [1.82, 2.24) is 15.3 Å². The number of fused-ring (bicyclic) bond motifs is 2. The summed E-state index contributed by atoms with van der Waals surface area (Å²) in [5, 5.41) is 4.21. The number of hydrogen-bond donors (Lipinski definition) is 1. The van der Waals surface area contributed by atoms with Crippen LogP contribution in [0.2, 0.25) is 0 Å². The molecule has 1 N–H and O–H groups in total. The molecule has 0 saturated carbocycles. The van der Waals surface area contributed by atoms with Gasteiger partial charge < -0.3 is 15.0 Å². The average Bonchev–Trinajstić information content (AvgIpc) is 3.24. The molecule has 1 aromatic heterocycles. The summed E-state index contributed by atoms with van der Waals surface area (Å²) in [7, 11) is 0. The molecule has 1 amide bonds. The van der Waals surface area contributed by atoms with Gasteiger partial charge in [-0.2, -0.15) is 0 Å². The van der Waals surface area contributed by atoms with Crippen LogP contribution in [0.1, 0.15) is 24.0 Å². The second kappa shape index (κ2) is 7.35. The zero-order valence-electron chi connectivity index (χ0n) is 16.5. The molecule has 3 aromatic rings. The maximum absolute atomic E-state index is 13.2. The summed E-state index contributed by atoms with van der Waals surface area (Å²) >= 11 is 0. The zero-order chi connectivity index (χ0) is 19.8. The topological polar surface area (TPSA) is 67.4 Å². The molecule has 3 heterocycles. The number of aryl methyl sites for hydroxylation is 1. The fourth-order valence-corrected chi connectivity index (χ4v) is 4.47. The van der Waals surface area contributed by atoms with Crippen molar-refractivity contribution in [3.8, 4) is 5.75 Å². The number of nitrogens with zero attached hydrogens (tertiary/aromatic N) is 3. The number of carbonyl (C=O) groups excluding carboxylic acids is 1. The van der Waals surface area contributed by atoms with Crippen LogP contribution >= 0.6 is 0 Å². The predicted octanol–water partition coefficient (Wildman–Crippen LogP) is 3.03. The SMILES string of the molecule is Cc1cccc2c1CC(NC(=O)C1CCCN1c1ncnc3ccccc13)CO2. The van der Waals surface area contributed by atoms with E-state index < -0.39 is 0 Å². The smallest absolute Gasteiger partial charge is 0.243 e. The van der Waals surface area contributed by atoms with Crippen molar-refractivity contribution in [2.75, 3.05) is 18.1 Å². The van der Waals surface area contributed by atoms with Crippen LogP contribution in [0, 0.1) is 6.92 Å². The second-order valence-electron chi connectivity index (χ2n) is 7.84. The number of carbonyl (C=O) groups is 1. The highest BCUT2D eigenvalue weighted by Gasteiger charge is 2.34. The molecule has 0 bridgehead atoms. The summed E-state index contributed by atoms with van der Waals surface area (Å²) < 4.78 is 5.90. The van der Waals surface area contributed by atoms with Gasteiger partial charge in [-0.05, 0) is 55.5 Å². The quantitative estimate of drug-likeness (QED) is 0.747. The molecule has 6 nitrogen and oxygen atoms in total. The number of hydrogen-bond acceptors (Lipinski definition) is 5. The molecule has 2 aliphatic heterocycles. The van der Waals surface area contributed by atoms with Crippen LogP contribution in [-0.2, 0) is 11.2 Å². The zero-order valence-corrected chi connectivity index (χ0v) is 16.5. The van der Waals surface area contributed by atoms with Crippen LogP contribution in [0.25, 0.3) is 10.9 Å². The molecule has 1 fully saturated rings. The Morgan fingerprint density at radius 2 is 2.07 bits per heavy atom. The van der Waals surface area contributed by atoms with E-state index in [4.69, 9.17) is 4.74 Å². The van der Waals surface area contributed by atoms with Gasteiger partial charge >= 0.3 is 0 Å². The minimum Gasteiger partial charge on any atom is -0.491 e. The Kier molecular flexibility index (Phi) is 4.54. The van der Waals surface area contributed by atoms with Gasteiger partial charge in [0.05, 0.1) is 11.6 Å². The van der Waals surface area contributed by atoms with Gasteiger partial charge in [0.2, 0.25) is 5.91 Å². The van der Waals surface area contributed by atoms with Crippen molar-refractivity contribution in [1.29, 1.82) is 0 Å². The van der Waals surface area contributed by atoms with Crippen molar-refractivity contribution in [3.63, 3.8) is 0 Å². The molecular weight excluding hydrogens is 364 g/mol. The summed E-state index contributed by atoms with van der Waals surface area (Å²) in [4.78, 5) is 24.2. The Balaban J connectivity index is 1.35. The monoisotopic (exact) mass is 388 g/mol. The van der Waals surface area contributed by atoms with Crippen LogP contribution in [0.4, 0.5) is 5.82 Å². The first-order valence-corrected chi connectivity index (χ1v) is 10.2. The molecule has 0 aliphatic carbocycles. The van der Waals surface area contributed by atoms with E-state index in [1.807, 2.05) is 36.4 Å². The van der Waals surface area contributed by atoms with Crippen LogP contribution in [0.3, 0.4) is 0 Å². The summed E-state index contributed by atoms with van der Waals surface area (Å²) in [6, 6.07) is 13.8. The summed E-state index contributed by atoms with van der Waals surface area (Å²) in [5.41, 5.74) is 3.29. The number of nitrogens with one attached hydrogen (secondary N) is 1. The summed E-state index contributed by atoms with van der Waals surface area (Å²) in [5.74, 6) is 1.83. The average molecular weight is 388 g/mol. The van der Waals surface area contributed by atoms with Crippen LogP contribution in [0.5, 0.6) is 5.75 Å². The summed E-state index contributed by atoms with van der Waals surface area (Å²) in [6.07, 6.45) is 4.18. The number of rotatable bonds is 3. The third kappa shape index (κ3) is 3.28. The maximum atomic E-state index is 13.2. The van der Waals surface area contributed by atoms with E-state index in [2.05, 4.69) is 33.2 Å². The standard InChI is InChI=1S/C23H24N4O2/c1-15-6-4-10-21-18(15)12-16(13-29-21)26-23(28)20-9-5-11-27(20)22-17-7-2-3-8-19(17)24-14-25-22/h2-4,6-8,10,14,16,20H,5,9,11-13H2,1H3,(H,26,28). The lowest BCUT2D eigenvalue weighted by molar-refractivity contribution is -0.123. The highest BCUT2D eigenvalue weighted by atomic mass is 16.5. The van der Waals surface area contributed by atoms with E-state index in [0.29, 0.717) is 6.61 Å². The van der Waals surface area contributed by atoms with Crippen molar-refractivity contribution in [2.24, 2.45) is 0 Å². The Bertz CT molecular complexity index is 1060. The number of anilines is 1. The van der Waals surface area contributed by atoms with Crippen LogP contribution in [0.15, 0.2) is 48.8 Å². The number of ether oxygens (including phenoxy) is 1. The molecule has 2 unspecified atom stereocenters. The van der Waals surface area contributed by atoms with Gasteiger partial charge in [0.15, 0.2) is 0 Å². The van der Waals surface area contributed by atoms with Gasteiger partial charge in [0.25, 0.3) is 0 Å². The maximum Gasteiger partial charge on any atom is 0.243 e. The van der Waals surface area contributed by atoms with E-state index >= 15 is 0 Å². The lowest BCUT2D eigenvalue weighted by atomic mass is 9.98. The molecular formula is C23H24N4O2. The Hall–Kier alpha value is -3.15. The van der Waals surface area contributed by atoms with Crippen molar-refractivity contribution >= 4 is 22.6 Å². The first-order chi connectivity index (χ1) is 14.2. The number of amides is 1. The van der Waals surface area contributed by atoms with Crippen LogP contribution < -0.4 is 15.0 Å². The molecule has 5 rings (SSSR count). The highest BCUT2D eigenvalue weighted by molar-refractivity contribution is 5.93. The third-order valence-electron chi connectivity index (χ3n) is 5.95. The molecule has 6 heteroatoms. The van der Waals surface area contributed by atoms with Crippen molar-refractivity contribution in [3.05, 3.63) is 59.9 Å². The largest absolute Gasteiger partial charge is 0.491 e. The van der Waals surface area contributed by atoms with E-state index in [1.54, 1.807) is 6.33 Å². The van der Waals surface area contributed by atoms with Gasteiger partial charge in [0, 0.05) is 11.9 Å². The third-order valence-corrected chi connectivity index (χ3v) is 5.95. The number of benzene rings is 2. The molecule has 148 valence electrons. The molecule has 1 saturated heterocycles. The minimum atomic E-state index is -0.216. The minimum absolute atomic E-state index is 0.0132. The Morgan fingerprint density at radius 3 is 3.00 bits per heavy atom. The molecule has 2 atom stereocenters. The molecule has 2 aromatic carbocycles. The normalized spacial score (nSPS) is 20.9. The fourth-order valence-electron chi connectivity index (χ4n) is 4.47. The van der Waals surface area contributed by atoms with Gasteiger partial charge in [0.1, 0.15) is 30.5 Å². The predicted molar refractivity (Wildman–Crippen MR) is 112 cm³/mol. The van der Waals surface area contributed by atoms with E-state index in [9.17, 15) is 4.79 Å². The van der Waals surface area contributed by atoms with E-state index in [-0.39, 0.29) is 18.0 Å². The molecule has 29 heavy (non-hydrogen) atoms. The number of para-hydroxylation sites is 1. The first-order valence-electron chi connectivity index (χ1n) is 10.2. The van der Waals surface area contributed by atoms with Gasteiger partial charge in [-0.3, -0.25) is 4.79 Å². The van der Waals surface area contributed by atoms with Crippen molar-refractivity contribution < 1.29 is 9.53 Å². The van der Waals surface area contributed by atoms with Gasteiger partial charge in [-0.1, -0.05) is 24.3 Å². The molecule has 0 radical (unpaired) electrons. The summed E-state index contributed by atoms with van der Waals surface area (Å²) in [6.45, 7) is 3.42. The lowest BCUT2D eigenvalue weighted by Crippen LogP contribution is -2.50. The fraction of sp³-hybridized carbons (Fsp3) is 0.348. The highest BCUT2D eigenvalue weighted by Crippen LogP contribution is 2.30. The number of aromatic nitrogens is 2. The van der Waals surface area contributed by atoms with Gasteiger partial charge in [-0.25, -0.2) is 9.97 Å². The van der Waals surface area contributed by atoms with E-state index in [1.165, 1.54) is 11.1 Å². The Morgan fingerprint density at radius 1 is 1.17 bits per heavy atom. The van der Waals surface area contributed by atoms with Crippen molar-refractivity contribution in [2.45, 2.75) is 38.3 Å². The second-order valence-corrected chi connectivity index (χ2v) is 7.84. The molecule has 2 aliphatic rings. The lowest BCUT2D eigenvalue weighted by Gasteiger charge is -2.30. The first kappa shape index (κ1) is 17.9. The van der Waals surface area contributed by atoms with E-state index in [0.717, 1.165) is 48.3 Å². The van der Waals surface area contributed by atoms with Crippen LogP contribution in [-0.4, -0.2) is 41.1 Å². The Labute approximate surface area is 169 Å².